The molecule has 0 aromatic rings. The van der Waals surface area contributed by atoms with Crippen LogP contribution >= 0.6 is 0 Å². The monoisotopic (exact) mass is 150 g/mol. The largest absolute Gasteiger partial charge is 0.492 e. The first-order valence-electron chi connectivity index (χ1n) is 2.87. The van der Waals surface area contributed by atoms with Gasteiger partial charge in [-0.2, -0.15) is 0 Å². The fraction of sp³-hybridized carbons (Fsp3) is 1.00. The van der Waals surface area contributed by atoms with Crippen LogP contribution in [-0.2, 0) is 4.74 Å². The maximum atomic E-state index is 8.49. The third-order valence-corrected chi connectivity index (χ3v) is 2.16. The Balaban J connectivity index is 2.03. The van der Waals surface area contributed by atoms with E-state index in [0.29, 0.717) is 13.0 Å². The zero-order valence-electron chi connectivity index (χ0n) is 4.95. The molecule has 0 saturated carbocycles. The molecule has 0 aromatic heterocycles. The van der Waals surface area contributed by atoms with Crippen LogP contribution in [0.2, 0.25) is 6.04 Å². The van der Waals surface area contributed by atoms with E-state index in [1.807, 2.05) is 0 Å². The van der Waals surface area contributed by atoms with Crippen molar-refractivity contribution in [2.45, 2.75) is 18.6 Å². The SMILES string of the molecule is O[Si](O)(O)CCC1CO1. The van der Waals surface area contributed by atoms with Crippen LogP contribution in [0.3, 0.4) is 0 Å². The molecule has 1 rings (SSSR count). The predicted octanol–water partition coefficient (Wildman–Crippen LogP) is -1.31. The Morgan fingerprint density at radius 1 is 1.44 bits per heavy atom. The Morgan fingerprint density at radius 2 is 2.00 bits per heavy atom. The van der Waals surface area contributed by atoms with Crippen LogP contribution in [0.5, 0.6) is 0 Å². The second-order valence-corrected chi connectivity index (χ2v) is 4.32. The fourth-order valence-corrected chi connectivity index (χ4v) is 1.30. The van der Waals surface area contributed by atoms with Gasteiger partial charge in [0.25, 0.3) is 0 Å². The highest BCUT2D eigenvalue weighted by molar-refractivity contribution is 6.56. The van der Waals surface area contributed by atoms with Crippen LogP contribution in [0.4, 0.5) is 0 Å². The van der Waals surface area contributed by atoms with Crippen molar-refractivity contribution in [3.05, 3.63) is 0 Å². The molecule has 1 saturated heterocycles. The van der Waals surface area contributed by atoms with E-state index in [9.17, 15) is 0 Å². The predicted molar refractivity (Wildman–Crippen MR) is 31.6 cm³/mol. The molecule has 1 fully saturated rings. The van der Waals surface area contributed by atoms with Crippen molar-refractivity contribution in [2.75, 3.05) is 6.61 Å². The molecule has 1 atom stereocenters. The highest BCUT2D eigenvalue weighted by Gasteiger charge is 2.31. The molecule has 3 N–H and O–H groups in total. The van der Waals surface area contributed by atoms with Gasteiger partial charge >= 0.3 is 8.80 Å². The van der Waals surface area contributed by atoms with Gasteiger partial charge in [-0.1, -0.05) is 0 Å². The normalized spacial score (nSPS) is 26.3. The lowest BCUT2D eigenvalue weighted by Crippen LogP contribution is -2.34. The van der Waals surface area contributed by atoms with E-state index in [-0.39, 0.29) is 12.1 Å². The molecule has 1 heterocycles. The molecule has 54 valence electrons. The molecule has 0 amide bonds. The number of hydrogen-bond acceptors (Lipinski definition) is 4. The Labute approximate surface area is 54.1 Å². The van der Waals surface area contributed by atoms with E-state index >= 15 is 0 Å². The second kappa shape index (κ2) is 2.35. The summed E-state index contributed by atoms with van der Waals surface area (Å²) in [5, 5.41) is 0. The standard InChI is InChI=1S/C4H10O4Si/c5-9(6,7)2-1-4-3-8-4/h4-7H,1-3H2. The Bertz CT molecular complexity index is 95.2. The summed E-state index contributed by atoms with van der Waals surface area (Å²) in [6, 6.07) is 0.0949. The van der Waals surface area contributed by atoms with Crippen molar-refractivity contribution in [1.29, 1.82) is 0 Å². The minimum Gasteiger partial charge on any atom is -0.390 e. The number of epoxide rings is 1. The summed E-state index contributed by atoms with van der Waals surface area (Å²) in [6.45, 7) is 0.699. The summed E-state index contributed by atoms with van der Waals surface area (Å²) < 4.78 is 4.79. The van der Waals surface area contributed by atoms with Crippen molar-refractivity contribution in [1.82, 2.24) is 0 Å². The lowest BCUT2D eigenvalue weighted by Gasteiger charge is -2.06. The second-order valence-electron chi connectivity index (χ2n) is 2.27. The zero-order valence-corrected chi connectivity index (χ0v) is 5.95. The van der Waals surface area contributed by atoms with Gasteiger partial charge in [-0.25, -0.2) is 0 Å². The van der Waals surface area contributed by atoms with Gasteiger partial charge in [0.1, 0.15) is 0 Å². The molecule has 5 heteroatoms. The number of rotatable bonds is 3. The van der Waals surface area contributed by atoms with Crippen LogP contribution in [0.1, 0.15) is 6.42 Å². The summed E-state index contributed by atoms with van der Waals surface area (Å²) >= 11 is 0. The van der Waals surface area contributed by atoms with Gasteiger partial charge in [-0.15, -0.1) is 0 Å². The highest BCUT2D eigenvalue weighted by atomic mass is 28.4. The highest BCUT2D eigenvalue weighted by Crippen LogP contribution is 2.17. The van der Waals surface area contributed by atoms with Crippen molar-refractivity contribution >= 4 is 8.80 Å². The summed E-state index contributed by atoms with van der Waals surface area (Å²) in [6.07, 6.45) is 0.735. The van der Waals surface area contributed by atoms with Gasteiger partial charge in [0.15, 0.2) is 0 Å². The minimum atomic E-state index is -3.76. The molecule has 1 aliphatic heterocycles. The maximum absolute atomic E-state index is 8.49. The third kappa shape index (κ3) is 3.60. The van der Waals surface area contributed by atoms with Crippen LogP contribution < -0.4 is 0 Å². The van der Waals surface area contributed by atoms with Gasteiger partial charge < -0.3 is 19.1 Å². The average Bonchev–Trinajstić information content (AvgIpc) is 2.38. The molecule has 0 spiro atoms. The first-order chi connectivity index (χ1) is 4.08. The summed E-state index contributed by atoms with van der Waals surface area (Å²) in [5.74, 6) is 0. The van der Waals surface area contributed by atoms with Crippen LogP contribution in [0.15, 0.2) is 0 Å². The smallest absolute Gasteiger partial charge is 0.390 e. The Hall–Kier alpha value is 0.0569. The van der Waals surface area contributed by atoms with Crippen LogP contribution in [0.25, 0.3) is 0 Å². The molecule has 1 unspecified atom stereocenters. The minimum absolute atomic E-state index is 0.0949. The molecular formula is C4H10O4Si. The van der Waals surface area contributed by atoms with E-state index in [2.05, 4.69) is 0 Å². The van der Waals surface area contributed by atoms with E-state index in [1.54, 1.807) is 0 Å². The lowest BCUT2D eigenvalue weighted by atomic mass is 10.4. The fourth-order valence-electron chi connectivity index (χ4n) is 0.589. The number of ether oxygens (including phenoxy) is 1. The molecule has 9 heavy (non-hydrogen) atoms. The summed E-state index contributed by atoms with van der Waals surface area (Å²) in [5.41, 5.74) is 0. The van der Waals surface area contributed by atoms with E-state index in [4.69, 9.17) is 19.1 Å². The van der Waals surface area contributed by atoms with Gasteiger partial charge in [-0.05, 0) is 6.42 Å². The molecule has 0 radical (unpaired) electrons. The van der Waals surface area contributed by atoms with E-state index in [0.717, 1.165) is 0 Å². The Morgan fingerprint density at radius 3 is 2.33 bits per heavy atom. The first-order valence-corrected chi connectivity index (χ1v) is 4.91. The molecular weight excluding hydrogens is 140 g/mol. The van der Waals surface area contributed by atoms with Gasteiger partial charge in [0.2, 0.25) is 0 Å². The summed E-state index contributed by atoms with van der Waals surface area (Å²) in [7, 11) is -3.76. The molecule has 0 aromatic carbocycles. The van der Waals surface area contributed by atoms with E-state index < -0.39 is 8.80 Å². The third-order valence-electron chi connectivity index (χ3n) is 1.20. The molecule has 0 aliphatic carbocycles. The maximum Gasteiger partial charge on any atom is 0.492 e. The van der Waals surface area contributed by atoms with Gasteiger partial charge in [-0.3, -0.25) is 0 Å². The van der Waals surface area contributed by atoms with Crippen molar-refractivity contribution in [2.24, 2.45) is 0 Å². The van der Waals surface area contributed by atoms with Crippen LogP contribution in [0, 0.1) is 0 Å². The van der Waals surface area contributed by atoms with E-state index in [1.165, 1.54) is 0 Å². The first kappa shape index (κ1) is 7.17. The number of hydrogen-bond donors (Lipinski definition) is 3. The molecule has 0 bridgehead atoms. The molecule has 1 aliphatic rings. The zero-order chi connectivity index (χ0) is 6.91. The van der Waals surface area contributed by atoms with Gasteiger partial charge in [0, 0.05) is 6.04 Å². The Kier molecular flexibility index (Phi) is 1.87. The van der Waals surface area contributed by atoms with Crippen molar-refractivity contribution in [3.8, 4) is 0 Å². The lowest BCUT2D eigenvalue weighted by molar-refractivity contribution is 0.224. The summed E-state index contributed by atoms with van der Waals surface area (Å²) in [4.78, 5) is 25.5. The topological polar surface area (TPSA) is 73.2 Å². The van der Waals surface area contributed by atoms with Crippen molar-refractivity contribution in [3.63, 3.8) is 0 Å². The van der Waals surface area contributed by atoms with Gasteiger partial charge in [0.05, 0.1) is 12.7 Å². The average molecular weight is 150 g/mol. The van der Waals surface area contributed by atoms with Crippen molar-refractivity contribution < 1.29 is 19.1 Å². The van der Waals surface area contributed by atoms with Crippen LogP contribution in [-0.4, -0.2) is 35.9 Å². The quantitative estimate of drug-likeness (QED) is 0.345. The molecule has 4 nitrogen and oxygen atoms in total.